The molecule has 2 aliphatic carbocycles. The SMILES string of the molecule is CC1(c2ccc(N(c3ccc(-c4ccccc4)cc3)c3ccc4sc5ccccc5c4c3)c3c2oc2ccccc23)c2ccccc2C2C=CC=CC21. The van der Waals surface area contributed by atoms with Crippen LogP contribution in [0.4, 0.5) is 17.1 Å². The Hall–Kier alpha value is -6.16. The molecule has 0 spiro atoms. The summed E-state index contributed by atoms with van der Waals surface area (Å²) in [5.41, 5.74) is 11.3. The number of rotatable bonds is 5. The first-order valence-corrected chi connectivity index (χ1v) is 19.2. The smallest absolute Gasteiger partial charge is 0.141 e. The highest BCUT2D eigenvalue weighted by Crippen LogP contribution is 2.58. The van der Waals surface area contributed by atoms with Crippen LogP contribution in [-0.4, -0.2) is 0 Å². The average Bonchev–Trinajstić information content (AvgIpc) is 3.88. The van der Waals surface area contributed by atoms with Crippen molar-refractivity contribution < 1.29 is 4.42 Å². The zero-order chi connectivity index (χ0) is 35.1. The summed E-state index contributed by atoms with van der Waals surface area (Å²) in [5.74, 6) is 0.607. The second kappa shape index (κ2) is 11.7. The Kier molecular flexibility index (Phi) is 6.71. The minimum absolute atomic E-state index is 0.281. The quantitative estimate of drug-likeness (QED) is 0.178. The number of hydrogen-bond acceptors (Lipinski definition) is 3. The first-order chi connectivity index (χ1) is 26.2. The van der Waals surface area contributed by atoms with Gasteiger partial charge in [-0.2, -0.15) is 0 Å². The number of para-hydroxylation sites is 1. The monoisotopic (exact) mass is 697 g/mol. The van der Waals surface area contributed by atoms with E-state index in [1.807, 2.05) is 11.3 Å². The Morgan fingerprint density at radius 1 is 0.566 bits per heavy atom. The van der Waals surface area contributed by atoms with Gasteiger partial charge in [-0.05, 0) is 70.8 Å². The van der Waals surface area contributed by atoms with Gasteiger partial charge in [0.05, 0.1) is 11.1 Å². The van der Waals surface area contributed by atoms with Crippen LogP contribution in [0.1, 0.15) is 29.5 Å². The lowest BCUT2D eigenvalue weighted by Crippen LogP contribution is -2.30. The zero-order valence-corrected chi connectivity index (χ0v) is 30.1. The molecule has 11 rings (SSSR count). The van der Waals surface area contributed by atoms with Crippen LogP contribution in [0.2, 0.25) is 0 Å². The molecule has 2 nitrogen and oxygen atoms in total. The zero-order valence-electron chi connectivity index (χ0n) is 29.2. The highest BCUT2D eigenvalue weighted by atomic mass is 32.1. The molecule has 0 bridgehead atoms. The van der Waals surface area contributed by atoms with Crippen LogP contribution in [-0.2, 0) is 5.41 Å². The summed E-state index contributed by atoms with van der Waals surface area (Å²) < 4.78 is 9.64. The Morgan fingerprint density at radius 3 is 2.15 bits per heavy atom. The molecule has 0 aliphatic heterocycles. The summed E-state index contributed by atoms with van der Waals surface area (Å²) in [6, 6.07) is 57.6. The molecular weight excluding hydrogens is 663 g/mol. The Balaban J connectivity index is 1.18. The number of benzene rings is 7. The molecule has 2 aromatic heterocycles. The molecule has 252 valence electrons. The molecular formula is C50H35NOS. The number of furan rings is 1. The number of hydrogen-bond donors (Lipinski definition) is 0. The van der Waals surface area contributed by atoms with E-state index in [4.69, 9.17) is 4.42 Å². The molecule has 0 radical (unpaired) electrons. The Morgan fingerprint density at radius 2 is 1.26 bits per heavy atom. The normalized spacial score (nSPS) is 19.0. The number of anilines is 3. The van der Waals surface area contributed by atoms with Gasteiger partial charge in [-0.25, -0.2) is 0 Å². The summed E-state index contributed by atoms with van der Waals surface area (Å²) in [4.78, 5) is 2.44. The predicted molar refractivity (Wildman–Crippen MR) is 224 cm³/mol. The molecule has 3 unspecified atom stereocenters. The molecule has 0 N–H and O–H groups in total. The van der Waals surface area contributed by atoms with Crippen molar-refractivity contribution in [2.45, 2.75) is 18.3 Å². The molecule has 2 heterocycles. The number of fused-ring (bicyclic) bond motifs is 9. The molecule has 7 aromatic carbocycles. The highest BCUT2D eigenvalue weighted by Gasteiger charge is 2.50. The third-order valence-corrected chi connectivity index (χ3v) is 13.0. The van der Waals surface area contributed by atoms with Crippen molar-refractivity contribution in [2.24, 2.45) is 5.92 Å². The molecule has 3 atom stereocenters. The van der Waals surface area contributed by atoms with Gasteiger partial charge >= 0.3 is 0 Å². The lowest BCUT2D eigenvalue weighted by atomic mass is 9.68. The van der Waals surface area contributed by atoms with E-state index in [0.717, 1.165) is 39.0 Å². The van der Waals surface area contributed by atoms with Crippen LogP contribution in [0.15, 0.2) is 186 Å². The van der Waals surface area contributed by atoms with Crippen molar-refractivity contribution >= 4 is 70.5 Å². The first kappa shape index (κ1) is 30.5. The third kappa shape index (κ3) is 4.51. The van der Waals surface area contributed by atoms with Crippen molar-refractivity contribution in [1.82, 2.24) is 0 Å². The maximum atomic E-state index is 7.04. The molecule has 0 saturated carbocycles. The number of nitrogens with zero attached hydrogens (tertiary/aromatic N) is 1. The van der Waals surface area contributed by atoms with E-state index in [9.17, 15) is 0 Å². The molecule has 53 heavy (non-hydrogen) atoms. The number of thiophene rings is 1. The molecule has 2 aliphatic rings. The van der Waals surface area contributed by atoms with Gasteiger partial charge in [0.2, 0.25) is 0 Å². The maximum Gasteiger partial charge on any atom is 0.141 e. The minimum Gasteiger partial charge on any atom is -0.456 e. The van der Waals surface area contributed by atoms with Gasteiger partial charge in [0, 0.05) is 59.7 Å². The predicted octanol–water partition coefficient (Wildman–Crippen LogP) is 14.2. The maximum absolute atomic E-state index is 7.04. The summed E-state index contributed by atoms with van der Waals surface area (Å²) >= 11 is 1.85. The van der Waals surface area contributed by atoms with Gasteiger partial charge in [-0.1, -0.05) is 140 Å². The summed E-state index contributed by atoms with van der Waals surface area (Å²) in [7, 11) is 0. The van der Waals surface area contributed by atoms with Gasteiger partial charge < -0.3 is 9.32 Å². The van der Waals surface area contributed by atoms with Gasteiger partial charge in [0.1, 0.15) is 11.2 Å². The minimum atomic E-state index is -0.288. The van der Waals surface area contributed by atoms with Crippen LogP contribution in [0, 0.1) is 5.92 Å². The summed E-state index contributed by atoms with van der Waals surface area (Å²) in [5, 5.41) is 4.83. The van der Waals surface area contributed by atoms with E-state index in [1.54, 1.807) is 0 Å². The van der Waals surface area contributed by atoms with Crippen molar-refractivity contribution in [1.29, 1.82) is 0 Å². The fourth-order valence-electron chi connectivity index (χ4n) is 9.34. The Bertz CT molecular complexity index is 2930. The largest absolute Gasteiger partial charge is 0.456 e. The molecule has 9 aromatic rings. The van der Waals surface area contributed by atoms with Crippen LogP contribution in [0.3, 0.4) is 0 Å². The third-order valence-electron chi connectivity index (χ3n) is 11.8. The Labute approximate surface area is 312 Å². The second-order valence-corrected chi connectivity index (χ2v) is 15.7. The van der Waals surface area contributed by atoms with E-state index in [-0.39, 0.29) is 11.3 Å². The van der Waals surface area contributed by atoms with Crippen molar-refractivity contribution in [3.8, 4) is 11.1 Å². The lowest BCUT2D eigenvalue weighted by Gasteiger charge is -2.35. The first-order valence-electron chi connectivity index (χ1n) is 18.4. The molecule has 0 fully saturated rings. The summed E-state index contributed by atoms with van der Waals surface area (Å²) in [6.07, 6.45) is 9.22. The van der Waals surface area contributed by atoms with Crippen LogP contribution in [0.5, 0.6) is 0 Å². The van der Waals surface area contributed by atoms with Gasteiger partial charge in [0.15, 0.2) is 0 Å². The lowest BCUT2D eigenvalue weighted by molar-refractivity contribution is 0.424. The van der Waals surface area contributed by atoms with E-state index < -0.39 is 0 Å². The topological polar surface area (TPSA) is 16.4 Å². The fourth-order valence-corrected chi connectivity index (χ4v) is 10.4. The molecule has 0 saturated heterocycles. The van der Waals surface area contributed by atoms with E-state index in [2.05, 4.69) is 194 Å². The summed E-state index contributed by atoms with van der Waals surface area (Å²) in [6.45, 7) is 2.43. The second-order valence-electron chi connectivity index (χ2n) is 14.6. The number of allylic oxidation sites excluding steroid dienone is 4. The standard InChI is InChI=1S/C50H35NOS/c1-50(41-19-9-5-15-36(41)37-16-6-10-20-42(37)50)43-28-29-44(48-39-18-7-11-21-45(39)52-49(43)48)51(34-25-23-33(24-26-34)32-13-3-2-4-14-32)35-27-30-47-40(31-35)38-17-8-12-22-46(38)53-47/h2-31,36,41H,1H3. The van der Waals surface area contributed by atoms with Crippen molar-refractivity contribution in [3.05, 3.63) is 199 Å². The van der Waals surface area contributed by atoms with Gasteiger partial charge in [-0.15, -0.1) is 11.3 Å². The van der Waals surface area contributed by atoms with Crippen LogP contribution >= 0.6 is 11.3 Å². The van der Waals surface area contributed by atoms with E-state index in [0.29, 0.717) is 5.92 Å². The van der Waals surface area contributed by atoms with Crippen LogP contribution < -0.4 is 4.90 Å². The van der Waals surface area contributed by atoms with E-state index in [1.165, 1.54) is 48.0 Å². The van der Waals surface area contributed by atoms with Gasteiger partial charge in [-0.3, -0.25) is 0 Å². The highest BCUT2D eigenvalue weighted by molar-refractivity contribution is 7.25. The van der Waals surface area contributed by atoms with Crippen LogP contribution in [0.25, 0.3) is 53.2 Å². The van der Waals surface area contributed by atoms with Crippen molar-refractivity contribution in [3.63, 3.8) is 0 Å². The van der Waals surface area contributed by atoms with Crippen molar-refractivity contribution in [2.75, 3.05) is 4.90 Å². The molecule has 3 heteroatoms. The van der Waals surface area contributed by atoms with Gasteiger partial charge in [0.25, 0.3) is 0 Å². The average molecular weight is 698 g/mol. The van der Waals surface area contributed by atoms with E-state index >= 15 is 0 Å². The fraction of sp³-hybridized carbons (Fsp3) is 0.0800. The molecule has 0 amide bonds.